The van der Waals surface area contributed by atoms with E-state index in [-0.39, 0.29) is 11.3 Å². The molecule has 19 heavy (non-hydrogen) atoms. The zero-order valence-electron chi connectivity index (χ0n) is 10.1. The first-order chi connectivity index (χ1) is 9.00. The third kappa shape index (κ3) is 2.54. The molecule has 2 amide bonds. The average molecular weight is 263 g/mol. The maximum Gasteiger partial charge on any atom is 0.326 e. The number of primary amides is 1. The summed E-state index contributed by atoms with van der Waals surface area (Å²) >= 11 is 0. The molecule has 7 nitrogen and oxygen atoms in total. The summed E-state index contributed by atoms with van der Waals surface area (Å²) in [5.41, 5.74) is 5.36. The van der Waals surface area contributed by atoms with Crippen LogP contribution in [0.4, 0.5) is 0 Å². The van der Waals surface area contributed by atoms with Gasteiger partial charge in [-0.15, -0.1) is 0 Å². The van der Waals surface area contributed by atoms with Crippen molar-refractivity contribution < 1.29 is 19.5 Å². The van der Waals surface area contributed by atoms with Crippen LogP contribution in [0.3, 0.4) is 0 Å². The smallest absolute Gasteiger partial charge is 0.326 e. The van der Waals surface area contributed by atoms with Crippen LogP contribution < -0.4 is 5.73 Å². The molecule has 0 radical (unpaired) electrons. The van der Waals surface area contributed by atoms with Crippen LogP contribution in [0.15, 0.2) is 18.3 Å². The van der Waals surface area contributed by atoms with Gasteiger partial charge in [0, 0.05) is 12.7 Å². The summed E-state index contributed by atoms with van der Waals surface area (Å²) in [4.78, 5) is 39.1. The average Bonchev–Trinajstić information content (AvgIpc) is 2.87. The van der Waals surface area contributed by atoms with E-state index in [0.717, 1.165) is 0 Å². The number of hydrogen-bond acceptors (Lipinski definition) is 4. The molecule has 1 unspecified atom stereocenters. The monoisotopic (exact) mass is 263 g/mol. The Morgan fingerprint density at radius 2 is 2.11 bits per heavy atom. The van der Waals surface area contributed by atoms with Crippen LogP contribution in [-0.4, -0.2) is 45.4 Å². The Morgan fingerprint density at radius 1 is 1.37 bits per heavy atom. The van der Waals surface area contributed by atoms with Crippen LogP contribution in [0.25, 0.3) is 0 Å². The van der Waals surface area contributed by atoms with Gasteiger partial charge < -0.3 is 15.7 Å². The Morgan fingerprint density at radius 3 is 2.63 bits per heavy atom. The summed E-state index contributed by atoms with van der Waals surface area (Å²) in [6, 6.07) is 1.98. The highest BCUT2D eigenvalue weighted by molar-refractivity contribution is 5.97. The number of carbonyl (C=O) groups excluding carboxylic acids is 2. The molecule has 0 aromatic carbocycles. The first kappa shape index (κ1) is 13.0. The Labute approximate surface area is 109 Å². The van der Waals surface area contributed by atoms with E-state index in [4.69, 9.17) is 10.8 Å². The zero-order chi connectivity index (χ0) is 14.0. The molecule has 0 spiro atoms. The Balaban J connectivity index is 2.19. The summed E-state index contributed by atoms with van der Waals surface area (Å²) in [7, 11) is 0. The maximum absolute atomic E-state index is 12.1. The van der Waals surface area contributed by atoms with Crippen molar-refractivity contribution in [3.05, 3.63) is 29.6 Å². The topological polar surface area (TPSA) is 114 Å². The van der Waals surface area contributed by atoms with Crippen molar-refractivity contribution in [2.24, 2.45) is 5.73 Å². The summed E-state index contributed by atoms with van der Waals surface area (Å²) in [5, 5.41) is 9.03. The SMILES string of the molecule is NC(=O)c1ccc(C(=O)N2CCCC2C(=O)O)cn1. The lowest BCUT2D eigenvalue weighted by Gasteiger charge is -2.21. The van der Waals surface area contributed by atoms with Crippen molar-refractivity contribution in [1.82, 2.24) is 9.88 Å². The molecule has 2 heterocycles. The lowest BCUT2D eigenvalue weighted by Crippen LogP contribution is -2.40. The highest BCUT2D eigenvalue weighted by Gasteiger charge is 2.34. The first-order valence-corrected chi connectivity index (χ1v) is 5.80. The van der Waals surface area contributed by atoms with Crippen LogP contribution in [0.5, 0.6) is 0 Å². The predicted octanol–water partition coefficient (Wildman–Crippen LogP) is -0.130. The molecule has 0 aliphatic carbocycles. The van der Waals surface area contributed by atoms with Crippen molar-refractivity contribution in [2.45, 2.75) is 18.9 Å². The minimum Gasteiger partial charge on any atom is -0.480 e. The maximum atomic E-state index is 12.1. The molecule has 0 bridgehead atoms. The van der Waals surface area contributed by atoms with E-state index >= 15 is 0 Å². The van der Waals surface area contributed by atoms with E-state index in [1.807, 2.05) is 0 Å². The Bertz CT molecular complexity index is 526. The number of likely N-dealkylation sites (tertiary alicyclic amines) is 1. The Kier molecular flexibility index (Phi) is 3.46. The fourth-order valence-electron chi connectivity index (χ4n) is 2.10. The molecule has 1 atom stereocenters. The molecule has 1 aliphatic heterocycles. The minimum atomic E-state index is -1.01. The van der Waals surface area contributed by atoms with Gasteiger partial charge in [-0.25, -0.2) is 4.79 Å². The van der Waals surface area contributed by atoms with Crippen LogP contribution >= 0.6 is 0 Å². The molecule has 3 N–H and O–H groups in total. The summed E-state index contributed by atoms with van der Waals surface area (Å²) in [6.07, 6.45) is 2.35. The van der Waals surface area contributed by atoms with Gasteiger partial charge in [-0.3, -0.25) is 14.6 Å². The molecular weight excluding hydrogens is 250 g/mol. The van der Waals surface area contributed by atoms with Crippen molar-refractivity contribution in [3.8, 4) is 0 Å². The van der Waals surface area contributed by atoms with Crippen molar-refractivity contribution in [3.63, 3.8) is 0 Å². The summed E-state index contributed by atoms with van der Waals surface area (Å²) in [5.74, 6) is -2.08. The zero-order valence-corrected chi connectivity index (χ0v) is 10.1. The number of rotatable bonds is 3. The number of carbonyl (C=O) groups is 3. The van der Waals surface area contributed by atoms with E-state index in [1.165, 1.54) is 23.2 Å². The summed E-state index contributed by atoms with van der Waals surface area (Å²) in [6.45, 7) is 0.410. The standard InChI is InChI=1S/C12H13N3O4/c13-10(16)8-4-3-7(6-14-8)11(17)15-5-1-2-9(15)12(18)19/h3-4,6,9H,1-2,5H2,(H2,13,16)(H,18,19). The van der Waals surface area contributed by atoms with Gasteiger partial charge in [0.1, 0.15) is 11.7 Å². The second kappa shape index (κ2) is 5.05. The van der Waals surface area contributed by atoms with Gasteiger partial charge in [-0.05, 0) is 25.0 Å². The van der Waals surface area contributed by atoms with Gasteiger partial charge >= 0.3 is 5.97 Å². The molecular formula is C12H13N3O4. The summed E-state index contributed by atoms with van der Waals surface area (Å²) < 4.78 is 0. The number of carboxylic acids is 1. The van der Waals surface area contributed by atoms with E-state index in [2.05, 4.69) is 4.98 Å². The van der Waals surface area contributed by atoms with Crippen molar-refractivity contribution >= 4 is 17.8 Å². The number of hydrogen-bond donors (Lipinski definition) is 2. The quantitative estimate of drug-likeness (QED) is 0.788. The second-order valence-corrected chi connectivity index (χ2v) is 4.29. The largest absolute Gasteiger partial charge is 0.480 e. The van der Waals surface area contributed by atoms with E-state index in [9.17, 15) is 14.4 Å². The lowest BCUT2D eigenvalue weighted by molar-refractivity contribution is -0.141. The van der Waals surface area contributed by atoms with Crippen molar-refractivity contribution in [1.29, 1.82) is 0 Å². The molecule has 1 aliphatic rings. The number of amides is 2. The number of pyridine rings is 1. The van der Waals surface area contributed by atoms with Crippen LogP contribution in [0.2, 0.25) is 0 Å². The van der Waals surface area contributed by atoms with Crippen LogP contribution in [0, 0.1) is 0 Å². The van der Waals surface area contributed by atoms with Gasteiger partial charge in [0.15, 0.2) is 0 Å². The van der Waals surface area contributed by atoms with E-state index in [1.54, 1.807) is 0 Å². The lowest BCUT2D eigenvalue weighted by atomic mass is 10.2. The van der Waals surface area contributed by atoms with Crippen LogP contribution in [0.1, 0.15) is 33.7 Å². The molecule has 100 valence electrons. The molecule has 1 aromatic heterocycles. The Hall–Kier alpha value is -2.44. The predicted molar refractivity (Wildman–Crippen MR) is 64.4 cm³/mol. The molecule has 7 heteroatoms. The highest BCUT2D eigenvalue weighted by Crippen LogP contribution is 2.20. The van der Waals surface area contributed by atoms with Gasteiger partial charge in [0.2, 0.25) is 0 Å². The van der Waals surface area contributed by atoms with Gasteiger partial charge in [0.25, 0.3) is 11.8 Å². The molecule has 2 rings (SSSR count). The normalized spacial score (nSPS) is 18.3. The van der Waals surface area contributed by atoms with E-state index < -0.39 is 23.8 Å². The third-order valence-electron chi connectivity index (χ3n) is 3.06. The fourth-order valence-corrected chi connectivity index (χ4v) is 2.10. The van der Waals surface area contributed by atoms with Crippen LogP contribution in [-0.2, 0) is 4.79 Å². The van der Waals surface area contributed by atoms with Gasteiger partial charge in [0.05, 0.1) is 5.56 Å². The molecule has 1 aromatic rings. The third-order valence-corrected chi connectivity index (χ3v) is 3.06. The number of nitrogens with two attached hydrogens (primary N) is 1. The van der Waals surface area contributed by atoms with Gasteiger partial charge in [-0.1, -0.05) is 0 Å². The fraction of sp³-hybridized carbons (Fsp3) is 0.333. The minimum absolute atomic E-state index is 0.0627. The number of nitrogens with zero attached hydrogens (tertiary/aromatic N) is 2. The van der Waals surface area contributed by atoms with Crippen molar-refractivity contribution in [2.75, 3.05) is 6.54 Å². The molecule has 0 saturated carbocycles. The molecule has 1 fully saturated rings. The van der Waals surface area contributed by atoms with Gasteiger partial charge in [-0.2, -0.15) is 0 Å². The molecule has 1 saturated heterocycles. The first-order valence-electron chi connectivity index (χ1n) is 5.80. The highest BCUT2D eigenvalue weighted by atomic mass is 16.4. The number of carboxylic acid groups (broad SMARTS) is 1. The van der Waals surface area contributed by atoms with E-state index in [0.29, 0.717) is 19.4 Å². The number of aliphatic carboxylic acids is 1. The second-order valence-electron chi connectivity index (χ2n) is 4.29. The number of aromatic nitrogens is 1.